The summed E-state index contributed by atoms with van der Waals surface area (Å²) in [5, 5.41) is 5.44. The maximum atomic E-state index is 11.7. The van der Waals surface area contributed by atoms with E-state index in [1.807, 2.05) is 5.38 Å². The maximum absolute atomic E-state index is 11.7. The Kier molecular flexibility index (Phi) is 5.90. The van der Waals surface area contributed by atoms with Gasteiger partial charge in [0.15, 0.2) is 5.13 Å². The molecule has 1 amide bonds. The lowest BCUT2D eigenvalue weighted by Gasteiger charge is -2.01. The van der Waals surface area contributed by atoms with Crippen LogP contribution in [0.2, 0.25) is 0 Å². The first kappa shape index (κ1) is 15.7. The highest BCUT2D eigenvalue weighted by Gasteiger charge is 2.08. The van der Waals surface area contributed by atoms with E-state index in [2.05, 4.69) is 41.5 Å². The van der Waals surface area contributed by atoms with E-state index in [4.69, 9.17) is 4.74 Å². The summed E-state index contributed by atoms with van der Waals surface area (Å²) in [7, 11) is 1.63. The molecule has 0 radical (unpaired) electrons. The van der Waals surface area contributed by atoms with Gasteiger partial charge >= 0.3 is 0 Å². The van der Waals surface area contributed by atoms with Gasteiger partial charge in [-0.3, -0.25) is 4.79 Å². The Hall–Kier alpha value is -1.72. The first-order valence-electron chi connectivity index (χ1n) is 7.06. The van der Waals surface area contributed by atoms with Crippen molar-refractivity contribution < 1.29 is 9.53 Å². The van der Waals surface area contributed by atoms with E-state index < -0.39 is 0 Å². The number of benzene rings is 1. The lowest BCUT2D eigenvalue weighted by Crippen LogP contribution is -2.11. The van der Waals surface area contributed by atoms with Gasteiger partial charge in [-0.25, -0.2) is 4.98 Å². The Balaban J connectivity index is 1.95. The average molecular weight is 304 g/mol. The molecule has 0 bridgehead atoms. The van der Waals surface area contributed by atoms with Gasteiger partial charge in [0.1, 0.15) is 0 Å². The normalized spacial score (nSPS) is 10.6. The van der Waals surface area contributed by atoms with E-state index in [1.165, 1.54) is 16.9 Å². The highest BCUT2D eigenvalue weighted by atomic mass is 32.1. The minimum Gasteiger partial charge on any atom is -0.385 e. The molecule has 0 saturated heterocycles. The fourth-order valence-electron chi connectivity index (χ4n) is 1.93. The van der Waals surface area contributed by atoms with Gasteiger partial charge in [0, 0.05) is 31.1 Å². The van der Waals surface area contributed by atoms with Crippen LogP contribution < -0.4 is 5.32 Å². The fourth-order valence-corrected chi connectivity index (χ4v) is 2.67. The maximum Gasteiger partial charge on any atom is 0.226 e. The van der Waals surface area contributed by atoms with E-state index in [0.29, 0.717) is 18.2 Å². The third kappa shape index (κ3) is 4.65. The summed E-state index contributed by atoms with van der Waals surface area (Å²) in [6.07, 6.45) is 2.20. The molecule has 2 rings (SSSR count). The number of hydrogen-bond donors (Lipinski definition) is 1. The van der Waals surface area contributed by atoms with Crippen molar-refractivity contribution in [2.45, 2.75) is 26.2 Å². The third-order valence-electron chi connectivity index (χ3n) is 3.16. The molecule has 1 aromatic carbocycles. The van der Waals surface area contributed by atoms with Gasteiger partial charge in [0.05, 0.1) is 5.69 Å². The predicted octanol–water partition coefficient (Wildman–Crippen LogP) is 3.74. The first-order chi connectivity index (χ1) is 10.2. The van der Waals surface area contributed by atoms with Crippen LogP contribution in [0.1, 0.15) is 25.3 Å². The van der Waals surface area contributed by atoms with Crippen molar-refractivity contribution in [2.75, 3.05) is 19.0 Å². The largest absolute Gasteiger partial charge is 0.385 e. The van der Waals surface area contributed by atoms with E-state index in [0.717, 1.165) is 24.1 Å². The number of nitrogens with zero attached hydrogens (tertiary/aromatic N) is 1. The summed E-state index contributed by atoms with van der Waals surface area (Å²) in [5.41, 5.74) is 3.28. The number of rotatable bonds is 7. The van der Waals surface area contributed by atoms with Crippen molar-refractivity contribution in [1.82, 2.24) is 4.98 Å². The molecular weight excluding hydrogens is 284 g/mol. The highest BCUT2D eigenvalue weighted by molar-refractivity contribution is 7.14. The Morgan fingerprint density at radius 2 is 2.10 bits per heavy atom. The van der Waals surface area contributed by atoms with Gasteiger partial charge in [-0.1, -0.05) is 31.2 Å². The predicted molar refractivity (Wildman–Crippen MR) is 86.7 cm³/mol. The third-order valence-corrected chi connectivity index (χ3v) is 3.92. The lowest BCUT2D eigenvalue weighted by atomic mass is 10.1. The number of hydrogen-bond acceptors (Lipinski definition) is 4. The van der Waals surface area contributed by atoms with Gasteiger partial charge in [0.2, 0.25) is 5.91 Å². The number of thiazole rings is 1. The van der Waals surface area contributed by atoms with Crippen molar-refractivity contribution in [1.29, 1.82) is 0 Å². The van der Waals surface area contributed by atoms with Crippen LogP contribution in [0.25, 0.3) is 11.3 Å². The molecular formula is C16H20N2O2S. The fraction of sp³-hybridized carbons (Fsp3) is 0.375. The van der Waals surface area contributed by atoms with Crippen molar-refractivity contribution in [3.8, 4) is 11.3 Å². The van der Waals surface area contributed by atoms with Gasteiger partial charge in [-0.2, -0.15) is 0 Å². The molecule has 0 aliphatic carbocycles. The van der Waals surface area contributed by atoms with Crippen LogP contribution in [0.4, 0.5) is 5.13 Å². The number of nitrogens with one attached hydrogen (secondary N) is 1. The minimum atomic E-state index is -0.0192. The molecule has 21 heavy (non-hydrogen) atoms. The standard InChI is InChI=1S/C16H20N2O2S/c1-3-12-6-8-13(9-7-12)14-11-21-16(17-14)18-15(19)5-4-10-20-2/h6-9,11H,3-5,10H2,1-2H3,(H,17,18,19). The zero-order valence-electron chi connectivity index (χ0n) is 12.4. The Morgan fingerprint density at radius 3 is 2.76 bits per heavy atom. The molecule has 0 aliphatic rings. The summed E-state index contributed by atoms with van der Waals surface area (Å²) in [6.45, 7) is 2.73. The summed E-state index contributed by atoms with van der Waals surface area (Å²) >= 11 is 1.45. The first-order valence-corrected chi connectivity index (χ1v) is 7.94. The molecule has 4 nitrogen and oxygen atoms in total. The number of aryl methyl sites for hydroxylation is 1. The molecule has 0 unspecified atom stereocenters. The number of anilines is 1. The summed E-state index contributed by atoms with van der Waals surface area (Å²) in [4.78, 5) is 16.2. The van der Waals surface area contributed by atoms with Gasteiger partial charge in [0.25, 0.3) is 0 Å². The molecule has 1 heterocycles. The second kappa shape index (κ2) is 7.90. The lowest BCUT2D eigenvalue weighted by molar-refractivity contribution is -0.116. The van der Waals surface area contributed by atoms with Crippen molar-refractivity contribution in [3.05, 3.63) is 35.2 Å². The van der Waals surface area contributed by atoms with Gasteiger partial charge in [-0.05, 0) is 18.4 Å². The van der Waals surface area contributed by atoms with Gasteiger partial charge < -0.3 is 10.1 Å². The SMILES string of the molecule is CCc1ccc(-c2csc(NC(=O)CCCOC)n2)cc1. The molecule has 0 spiro atoms. The van der Waals surface area contributed by atoms with Crippen LogP contribution in [0.15, 0.2) is 29.6 Å². The number of methoxy groups -OCH3 is 1. The van der Waals surface area contributed by atoms with Crippen LogP contribution in [-0.4, -0.2) is 24.6 Å². The second-order valence-electron chi connectivity index (χ2n) is 4.73. The van der Waals surface area contributed by atoms with Crippen LogP contribution in [0.3, 0.4) is 0 Å². The Labute approximate surface area is 129 Å². The molecule has 1 N–H and O–H groups in total. The van der Waals surface area contributed by atoms with E-state index >= 15 is 0 Å². The van der Waals surface area contributed by atoms with Crippen molar-refractivity contribution in [2.24, 2.45) is 0 Å². The van der Waals surface area contributed by atoms with Crippen LogP contribution >= 0.6 is 11.3 Å². The number of carbonyl (C=O) groups excluding carboxylic acids is 1. The van der Waals surface area contributed by atoms with Crippen LogP contribution in [0, 0.1) is 0 Å². The average Bonchev–Trinajstić information content (AvgIpc) is 2.96. The quantitative estimate of drug-likeness (QED) is 0.793. The molecule has 112 valence electrons. The smallest absolute Gasteiger partial charge is 0.226 e. The molecule has 0 saturated carbocycles. The molecule has 0 atom stereocenters. The highest BCUT2D eigenvalue weighted by Crippen LogP contribution is 2.25. The monoisotopic (exact) mass is 304 g/mol. The molecule has 5 heteroatoms. The van der Waals surface area contributed by atoms with E-state index in [9.17, 15) is 4.79 Å². The summed E-state index contributed by atoms with van der Waals surface area (Å²) in [5.74, 6) is -0.0192. The molecule has 0 fully saturated rings. The summed E-state index contributed by atoms with van der Waals surface area (Å²) < 4.78 is 4.93. The summed E-state index contributed by atoms with van der Waals surface area (Å²) in [6, 6.07) is 8.35. The number of amides is 1. The zero-order valence-corrected chi connectivity index (χ0v) is 13.2. The second-order valence-corrected chi connectivity index (χ2v) is 5.59. The van der Waals surface area contributed by atoms with E-state index in [1.54, 1.807) is 7.11 Å². The van der Waals surface area contributed by atoms with Crippen molar-refractivity contribution >= 4 is 22.4 Å². The Morgan fingerprint density at radius 1 is 1.33 bits per heavy atom. The van der Waals surface area contributed by atoms with Crippen LogP contribution in [0.5, 0.6) is 0 Å². The molecule has 1 aromatic heterocycles. The number of aromatic nitrogens is 1. The van der Waals surface area contributed by atoms with Gasteiger partial charge in [-0.15, -0.1) is 11.3 Å². The van der Waals surface area contributed by atoms with Crippen LogP contribution in [-0.2, 0) is 16.0 Å². The Bertz CT molecular complexity index is 578. The van der Waals surface area contributed by atoms with Crippen molar-refractivity contribution in [3.63, 3.8) is 0 Å². The van der Waals surface area contributed by atoms with E-state index in [-0.39, 0.29) is 5.91 Å². The molecule has 0 aliphatic heterocycles. The number of ether oxygens (including phenoxy) is 1. The zero-order chi connectivity index (χ0) is 15.1. The molecule has 2 aromatic rings. The minimum absolute atomic E-state index is 0.0192. The topological polar surface area (TPSA) is 51.2 Å². The number of carbonyl (C=O) groups is 1.